The second-order valence-corrected chi connectivity index (χ2v) is 10.0. The molecule has 0 amide bonds. The van der Waals surface area contributed by atoms with E-state index in [0.29, 0.717) is 34.6 Å². The van der Waals surface area contributed by atoms with Gasteiger partial charge in [-0.3, -0.25) is 4.98 Å². The predicted octanol–water partition coefficient (Wildman–Crippen LogP) is 5.07. The van der Waals surface area contributed by atoms with Crippen LogP contribution in [0.25, 0.3) is 10.9 Å². The van der Waals surface area contributed by atoms with E-state index in [1.54, 1.807) is 18.3 Å². The molecule has 0 unspecified atom stereocenters. The SMILES string of the molecule is CC(C)(C)[S@](=O)NCc1cc2cc(Cl)c(OCc3ccccn3)cc2nc1Cl. The number of nitrogens with one attached hydrogen (secondary N) is 1. The average molecular weight is 438 g/mol. The van der Waals surface area contributed by atoms with E-state index in [1.165, 1.54) is 0 Å². The summed E-state index contributed by atoms with van der Waals surface area (Å²) in [5.74, 6) is 0.517. The predicted molar refractivity (Wildman–Crippen MR) is 115 cm³/mol. The average Bonchev–Trinajstić information content (AvgIpc) is 2.65. The highest BCUT2D eigenvalue weighted by molar-refractivity contribution is 7.84. The number of nitrogens with zero attached hydrogens (tertiary/aromatic N) is 2. The number of rotatable bonds is 6. The van der Waals surface area contributed by atoms with Crippen LogP contribution in [-0.2, 0) is 24.1 Å². The summed E-state index contributed by atoms with van der Waals surface area (Å²) in [6.45, 7) is 6.37. The molecule has 0 aliphatic rings. The van der Waals surface area contributed by atoms with Crippen LogP contribution in [0.3, 0.4) is 0 Å². The van der Waals surface area contributed by atoms with Gasteiger partial charge >= 0.3 is 0 Å². The Hall–Kier alpha value is -1.73. The standard InChI is InChI=1S/C20H21Cl2N3O2S/c1-20(2,3)28(26)24-11-14-8-13-9-16(21)18(10-17(13)25-19(14)22)27-12-15-6-4-5-7-23-15/h4-10,24H,11-12H2,1-3H3/t28-/m0/s1. The zero-order chi connectivity index (χ0) is 20.3. The fourth-order valence-corrected chi connectivity index (χ4v) is 3.58. The van der Waals surface area contributed by atoms with Gasteiger partial charge in [0.05, 0.1) is 32.0 Å². The first kappa shape index (κ1) is 21.0. The Kier molecular flexibility index (Phi) is 6.55. The molecule has 0 radical (unpaired) electrons. The number of hydrogen-bond acceptors (Lipinski definition) is 4. The Morgan fingerprint density at radius 2 is 1.96 bits per heavy atom. The van der Waals surface area contributed by atoms with E-state index in [0.717, 1.165) is 16.6 Å². The number of fused-ring (bicyclic) bond motifs is 1. The summed E-state index contributed by atoms with van der Waals surface area (Å²) in [7, 11) is -1.20. The molecule has 2 aromatic heterocycles. The molecule has 0 saturated heterocycles. The monoisotopic (exact) mass is 437 g/mol. The molecule has 0 aliphatic carbocycles. The third kappa shape index (κ3) is 5.20. The summed E-state index contributed by atoms with van der Waals surface area (Å²) < 4.78 is 20.6. The van der Waals surface area contributed by atoms with Gasteiger partial charge in [-0.2, -0.15) is 0 Å². The largest absolute Gasteiger partial charge is 0.486 e. The van der Waals surface area contributed by atoms with Gasteiger partial charge in [0, 0.05) is 29.8 Å². The first-order chi connectivity index (χ1) is 13.2. The fourth-order valence-electron chi connectivity index (χ4n) is 2.42. The summed E-state index contributed by atoms with van der Waals surface area (Å²) in [5.41, 5.74) is 2.23. The van der Waals surface area contributed by atoms with E-state index < -0.39 is 11.0 Å². The molecule has 1 N–H and O–H groups in total. The zero-order valence-corrected chi connectivity index (χ0v) is 18.2. The summed E-state index contributed by atoms with van der Waals surface area (Å²) >= 11 is 12.7. The van der Waals surface area contributed by atoms with Crippen LogP contribution in [0.15, 0.2) is 42.6 Å². The van der Waals surface area contributed by atoms with Gasteiger partial charge < -0.3 is 4.74 Å². The van der Waals surface area contributed by atoms with Crippen LogP contribution >= 0.6 is 23.2 Å². The van der Waals surface area contributed by atoms with Gasteiger partial charge in [-0.05, 0) is 45.0 Å². The van der Waals surface area contributed by atoms with Gasteiger partial charge in [-0.1, -0.05) is 29.3 Å². The third-order valence-corrected chi connectivity index (χ3v) is 6.09. The summed E-state index contributed by atoms with van der Waals surface area (Å²) in [6.07, 6.45) is 1.71. The van der Waals surface area contributed by atoms with Crippen LogP contribution in [0.5, 0.6) is 5.75 Å². The molecular formula is C20H21Cl2N3O2S. The second-order valence-electron chi connectivity index (χ2n) is 7.23. The molecular weight excluding hydrogens is 417 g/mol. The second kappa shape index (κ2) is 8.74. The topological polar surface area (TPSA) is 64.1 Å². The maximum Gasteiger partial charge on any atom is 0.140 e. The molecule has 3 aromatic rings. The van der Waals surface area contributed by atoms with Gasteiger partial charge in [0.15, 0.2) is 0 Å². The van der Waals surface area contributed by atoms with Crippen LogP contribution in [0.1, 0.15) is 32.0 Å². The summed E-state index contributed by atoms with van der Waals surface area (Å²) in [5, 5.41) is 1.66. The highest BCUT2D eigenvalue weighted by Crippen LogP contribution is 2.32. The van der Waals surface area contributed by atoms with Crippen LogP contribution in [-0.4, -0.2) is 18.9 Å². The molecule has 5 nitrogen and oxygen atoms in total. The molecule has 0 fully saturated rings. The van der Waals surface area contributed by atoms with Crippen molar-refractivity contribution < 1.29 is 8.95 Å². The highest BCUT2D eigenvalue weighted by Gasteiger charge is 2.19. The van der Waals surface area contributed by atoms with Crippen molar-refractivity contribution in [2.45, 2.75) is 38.7 Å². The van der Waals surface area contributed by atoms with Crippen molar-refractivity contribution in [2.24, 2.45) is 0 Å². The lowest BCUT2D eigenvalue weighted by Crippen LogP contribution is -2.32. The van der Waals surface area contributed by atoms with Gasteiger partial charge in [-0.25, -0.2) is 13.9 Å². The highest BCUT2D eigenvalue weighted by atomic mass is 35.5. The smallest absolute Gasteiger partial charge is 0.140 e. The molecule has 8 heteroatoms. The molecule has 2 heterocycles. The lowest BCUT2D eigenvalue weighted by Gasteiger charge is -2.18. The number of ether oxygens (including phenoxy) is 1. The first-order valence-corrected chi connectivity index (χ1v) is 10.6. The molecule has 0 spiro atoms. The van der Waals surface area contributed by atoms with E-state index in [4.69, 9.17) is 27.9 Å². The van der Waals surface area contributed by atoms with Gasteiger partial charge in [0.1, 0.15) is 17.5 Å². The normalized spacial score (nSPS) is 12.9. The summed E-state index contributed by atoms with van der Waals surface area (Å²) in [6, 6.07) is 11.1. The first-order valence-electron chi connectivity index (χ1n) is 8.71. The number of aromatic nitrogens is 2. The Balaban J connectivity index is 1.80. The van der Waals surface area contributed by atoms with E-state index >= 15 is 0 Å². The summed E-state index contributed by atoms with van der Waals surface area (Å²) in [4.78, 5) is 8.67. The number of halogens is 2. The van der Waals surface area contributed by atoms with Crippen LogP contribution in [0, 0.1) is 0 Å². The molecule has 1 atom stereocenters. The van der Waals surface area contributed by atoms with E-state index in [-0.39, 0.29) is 4.75 Å². The Bertz CT molecular complexity index is 1010. The molecule has 0 bridgehead atoms. The molecule has 28 heavy (non-hydrogen) atoms. The van der Waals surface area contributed by atoms with Crippen LogP contribution in [0.4, 0.5) is 0 Å². The lowest BCUT2D eigenvalue weighted by atomic mass is 10.1. The maximum absolute atomic E-state index is 12.2. The Morgan fingerprint density at radius 1 is 1.18 bits per heavy atom. The van der Waals surface area contributed by atoms with Crippen LogP contribution < -0.4 is 9.46 Å². The zero-order valence-electron chi connectivity index (χ0n) is 15.8. The molecule has 148 valence electrons. The minimum atomic E-state index is -1.20. The van der Waals surface area contributed by atoms with Crippen molar-refractivity contribution >= 4 is 45.1 Å². The maximum atomic E-state index is 12.2. The molecule has 0 saturated carbocycles. The van der Waals surface area contributed by atoms with E-state index in [2.05, 4.69) is 14.7 Å². The Morgan fingerprint density at radius 3 is 2.64 bits per heavy atom. The van der Waals surface area contributed by atoms with Crippen molar-refractivity contribution in [3.8, 4) is 5.75 Å². The van der Waals surface area contributed by atoms with Crippen molar-refractivity contribution in [3.05, 3.63) is 64.0 Å². The number of benzene rings is 1. The van der Waals surface area contributed by atoms with Gasteiger partial charge in [-0.15, -0.1) is 0 Å². The van der Waals surface area contributed by atoms with Crippen LogP contribution in [0.2, 0.25) is 10.2 Å². The fraction of sp³-hybridized carbons (Fsp3) is 0.300. The van der Waals surface area contributed by atoms with E-state index in [1.807, 2.05) is 45.0 Å². The van der Waals surface area contributed by atoms with Crippen molar-refractivity contribution in [1.82, 2.24) is 14.7 Å². The Labute approximate surface area is 177 Å². The molecule has 1 aromatic carbocycles. The van der Waals surface area contributed by atoms with E-state index in [9.17, 15) is 4.21 Å². The van der Waals surface area contributed by atoms with Crippen molar-refractivity contribution in [2.75, 3.05) is 0 Å². The third-order valence-electron chi connectivity index (χ3n) is 3.95. The van der Waals surface area contributed by atoms with Crippen molar-refractivity contribution in [3.63, 3.8) is 0 Å². The minimum absolute atomic E-state index is 0.306. The number of pyridine rings is 2. The number of hydrogen-bond donors (Lipinski definition) is 1. The van der Waals surface area contributed by atoms with Gasteiger partial charge in [0.2, 0.25) is 0 Å². The quantitative estimate of drug-likeness (QED) is 0.546. The minimum Gasteiger partial charge on any atom is -0.486 e. The van der Waals surface area contributed by atoms with Gasteiger partial charge in [0.25, 0.3) is 0 Å². The van der Waals surface area contributed by atoms with Crippen molar-refractivity contribution in [1.29, 1.82) is 0 Å². The molecule has 0 aliphatic heterocycles. The lowest BCUT2D eigenvalue weighted by molar-refractivity contribution is 0.302. The molecule has 3 rings (SSSR count).